The Morgan fingerprint density at radius 2 is 1.74 bits per heavy atom. The number of carbonyl (C=O) groups is 2. The number of methoxy groups -OCH3 is 2. The maximum absolute atomic E-state index is 13.0. The number of hydrogen-bond acceptors (Lipinski definition) is 4. The van der Waals surface area contributed by atoms with Gasteiger partial charge in [0.2, 0.25) is 5.91 Å². The van der Waals surface area contributed by atoms with Gasteiger partial charge in [-0.05, 0) is 60.7 Å². The van der Waals surface area contributed by atoms with Gasteiger partial charge in [-0.2, -0.15) is 0 Å². The fourth-order valence-corrected chi connectivity index (χ4v) is 4.24. The molecule has 3 amide bonds. The molecule has 0 spiro atoms. The molecule has 0 aliphatic carbocycles. The molecule has 35 heavy (non-hydrogen) atoms. The Balaban J connectivity index is 1.32. The summed E-state index contributed by atoms with van der Waals surface area (Å²) in [6.45, 7) is 1.05. The molecule has 0 saturated carbocycles. The summed E-state index contributed by atoms with van der Waals surface area (Å²) in [5.74, 6) is 1.27. The third-order valence-corrected chi connectivity index (χ3v) is 6.15. The first-order valence-electron chi connectivity index (χ1n) is 11.8. The van der Waals surface area contributed by atoms with E-state index in [0.29, 0.717) is 30.3 Å². The van der Waals surface area contributed by atoms with Gasteiger partial charge in [0.05, 0.1) is 20.6 Å². The number of benzene rings is 3. The monoisotopic (exact) mass is 473 g/mol. The molecule has 0 aromatic heterocycles. The minimum atomic E-state index is -0.140. The van der Waals surface area contributed by atoms with E-state index in [1.165, 1.54) is 5.56 Å². The van der Waals surface area contributed by atoms with Crippen LogP contribution in [0.15, 0.2) is 66.7 Å². The molecule has 3 aromatic carbocycles. The third kappa shape index (κ3) is 6.12. The molecule has 0 fully saturated rings. The Bertz CT molecular complexity index is 1180. The molecule has 7 heteroatoms. The second-order valence-corrected chi connectivity index (χ2v) is 8.50. The van der Waals surface area contributed by atoms with Gasteiger partial charge in [-0.1, -0.05) is 30.3 Å². The van der Waals surface area contributed by atoms with E-state index >= 15 is 0 Å². The fraction of sp³-hybridized carbons (Fsp3) is 0.286. The number of aryl methyl sites for hydroxylation is 1. The van der Waals surface area contributed by atoms with Gasteiger partial charge in [-0.3, -0.25) is 9.69 Å². The molecule has 1 aliphatic heterocycles. The molecule has 0 atom stereocenters. The normalized spacial score (nSPS) is 12.8. The van der Waals surface area contributed by atoms with E-state index in [4.69, 9.17) is 9.47 Å². The molecular formula is C28H31N3O4. The number of fused-ring (bicyclic) bond motifs is 1. The molecule has 0 radical (unpaired) electrons. The summed E-state index contributed by atoms with van der Waals surface area (Å²) in [7, 11) is 3.19. The first-order valence-corrected chi connectivity index (χ1v) is 11.8. The Morgan fingerprint density at radius 1 is 0.943 bits per heavy atom. The number of amides is 3. The number of rotatable bonds is 7. The van der Waals surface area contributed by atoms with Crippen LogP contribution in [0, 0.1) is 0 Å². The zero-order valence-electron chi connectivity index (χ0n) is 20.2. The molecular weight excluding hydrogens is 442 g/mol. The zero-order chi connectivity index (χ0) is 24.6. The van der Waals surface area contributed by atoms with Crippen molar-refractivity contribution in [2.24, 2.45) is 0 Å². The van der Waals surface area contributed by atoms with E-state index in [-0.39, 0.29) is 18.4 Å². The number of hydrogen-bond donors (Lipinski definition) is 2. The SMILES string of the molecule is COc1ccc(CNC(=O)Cc2ccc(NC(=O)N3CCCCc4ccccc43)cc2)c(OC)c1. The average Bonchev–Trinajstić information content (AvgIpc) is 3.11. The van der Waals surface area contributed by atoms with Gasteiger partial charge in [-0.25, -0.2) is 4.79 Å². The van der Waals surface area contributed by atoms with Gasteiger partial charge in [0.15, 0.2) is 0 Å². The second-order valence-electron chi connectivity index (χ2n) is 8.50. The summed E-state index contributed by atoms with van der Waals surface area (Å²) in [6.07, 6.45) is 3.27. The topological polar surface area (TPSA) is 79.9 Å². The molecule has 7 nitrogen and oxygen atoms in total. The molecule has 182 valence electrons. The highest BCUT2D eigenvalue weighted by Gasteiger charge is 2.21. The van der Waals surface area contributed by atoms with E-state index in [1.54, 1.807) is 20.3 Å². The van der Waals surface area contributed by atoms with Crippen LogP contribution in [0.2, 0.25) is 0 Å². The molecule has 1 heterocycles. The number of nitrogens with one attached hydrogen (secondary N) is 2. The summed E-state index contributed by atoms with van der Waals surface area (Å²) in [5.41, 5.74) is 4.61. The molecule has 0 saturated heterocycles. The first-order chi connectivity index (χ1) is 17.1. The van der Waals surface area contributed by atoms with E-state index in [1.807, 2.05) is 59.5 Å². The van der Waals surface area contributed by atoms with Gasteiger partial charge < -0.3 is 20.1 Å². The Hall–Kier alpha value is -4.00. The van der Waals surface area contributed by atoms with E-state index < -0.39 is 0 Å². The summed E-state index contributed by atoms with van der Waals surface area (Å²) >= 11 is 0. The molecule has 4 rings (SSSR count). The summed E-state index contributed by atoms with van der Waals surface area (Å²) in [5, 5.41) is 5.92. The lowest BCUT2D eigenvalue weighted by Crippen LogP contribution is -2.35. The molecule has 2 N–H and O–H groups in total. The zero-order valence-corrected chi connectivity index (χ0v) is 20.2. The molecule has 3 aromatic rings. The van der Waals surface area contributed by atoms with E-state index in [2.05, 4.69) is 16.7 Å². The van der Waals surface area contributed by atoms with Crippen LogP contribution in [0.3, 0.4) is 0 Å². The van der Waals surface area contributed by atoms with Crippen molar-refractivity contribution in [3.63, 3.8) is 0 Å². The Morgan fingerprint density at radius 3 is 2.51 bits per heavy atom. The van der Waals surface area contributed by atoms with Crippen LogP contribution < -0.4 is 25.0 Å². The van der Waals surface area contributed by atoms with Crippen molar-refractivity contribution < 1.29 is 19.1 Å². The van der Waals surface area contributed by atoms with Gasteiger partial charge in [0.1, 0.15) is 11.5 Å². The van der Waals surface area contributed by atoms with E-state index in [9.17, 15) is 9.59 Å². The number of anilines is 2. The minimum Gasteiger partial charge on any atom is -0.497 e. The molecule has 0 bridgehead atoms. The van der Waals surface area contributed by atoms with Crippen LogP contribution in [0.25, 0.3) is 0 Å². The quantitative estimate of drug-likeness (QED) is 0.510. The minimum absolute atomic E-state index is 0.0965. The second kappa shape index (κ2) is 11.4. The van der Waals surface area contributed by atoms with Crippen molar-refractivity contribution in [1.29, 1.82) is 0 Å². The van der Waals surface area contributed by atoms with Crippen LogP contribution in [-0.4, -0.2) is 32.7 Å². The van der Waals surface area contributed by atoms with Crippen LogP contribution in [-0.2, 0) is 24.2 Å². The number of para-hydroxylation sites is 1. The van der Waals surface area contributed by atoms with Crippen molar-refractivity contribution >= 4 is 23.3 Å². The lowest BCUT2D eigenvalue weighted by atomic mass is 10.1. The van der Waals surface area contributed by atoms with Gasteiger partial charge in [0, 0.05) is 36.1 Å². The lowest BCUT2D eigenvalue weighted by molar-refractivity contribution is -0.120. The van der Waals surface area contributed by atoms with E-state index in [0.717, 1.165) is 36.1 Å². The standard InChI is InChI=1S/C28H31N3O4/c1-34-24-15-12-22(26(18-24)35-2)19-29-27(32)17-20-10-13-23(14-11-20)30-28(33)31-16-6-5-8-21-7-3-4-9-25(21)31/h3-4,7,9-15,18H,5-6,8,16-17,19H2,1-2H3,(H,29,32)(H,30,33). The smallest absolute Gasteiger partial charge is 0.326 e. The summed E-state index contributed by atoms with van der Waals surface area (Å²) in [4.78, 5) is 27.3. The lowest BCUT2D eigenvalue weighted by Gasteiger charge is -2.23. The Kier molecular flexibility index (Phi) is 7.88. The maximum Gasteiger partial charge on any atom is 0.326 e. The van der Waals surface area contributed by atoms with Crippen LogP contribution in [0.1, 0.15) is 29.5 Å². The fourth-order valence-electron chi connectivity index (χ4n) is 4.24. The summed E-state index contributed by atoms with van der Waals surface area (Å²) < 4.78 is 10.6. The average molecular weight is 474 g/mol. The predicted molar refractivity (Wildman–Crippen MR) is 137 cm³/mol. The van der Waals surface area contributed by atoms with Crippen molar-refractivity contribution in [2.75, 3.05) is 31.0 Å². The van der Waals surface area contributed by atoms with Gasteiger partial charge in [0.25, 0.3) is 0 Å². The van der Waals surface area contributed by atoms with Crippen molar-refractivity contribution in [2.45, 2.75) is 32.2 Å². The van der Waals surface area contributed by atoms with Crippen LogP contribution >= 0.6 is 0 Å². The molecule has 1 aliphatic rings. The maximum atomic E-state index is 13.0. The third-order valence-electron chi connectivity index (χ3n) is 6.15. The van der Waals surface area contributed by atoms with Crippen molar-refractivity contribution in [3.8, 4) is 11.5 Å². The first kappa shape index (κ1) is 24.1. The predicted octanol–water partition coefficient (Wildman–Crippen LogP) is 4.94. The highest BCUT2D eigenvalue weighted by molar-refractivity contribution is 6.02. The number of ether oxygens (including phenoxy) is 2. The number of carbonyl (C=O) groups excluding carboxylic acids is 2. The van der Waals surface area contributed by atoms with Gasteiger partial charge >= 0.3 is 6.03 Å². The number of nitrogens with zero attached hydrogens (tertiary/aromatic N) is 1. The largest absolute Gasteiger partial charge is 0.497 e. The van der Waals surface area contributed by atoms with Crippen molar-refractivity contribution in [1.82, 2.24) is 5.32 Å². The van der Waals surface area contributed by atoms with Gasteiger partial charge in [-0.15, -0.1) is 0 Å². The van der Waals surface area contributed by atoms with Crippen LogP contribution in [0.4, 0.5) is 16.2 Å². The van der Waals surface area contributed by atoms with Crippen LogP contribution in [0.5, 0.6) is 11.5 Å². The Labute approximate surface area is 206 Å². The number of urea groups is 1. The van der Waals surface area contributed by atoms with Crippen molar-refractivity contribution in [3.05, 3.63) is 83.4 Å². The highest BCUT2D eigenvalue weighted by Crippen LogP contribution is 2.27. The highest BCUT2D eigenvalue weighted by atomic mass is 16.5. The molecule has 0 unspecified atom stereocenters. The summed E-state index contributed by atoms with van der Waals surface area (Å²) in [6, 6.07) is 20.8.